The zero-order chi connectivity index (χ0) is 17.4. The zero-order valence-corrected chi connectivity index (χ0v) is 15.6. The molecule has 4 nitrogen and oxygen atoms in total. The molecule has 0 aliphatic heterocycles. The van der Waals surface area contributed by atoms with Crippen LogP contribution in [0.5, 0.6) is 0 Å². The molecule has 0 fully saturated rings. The monoisotopic (exact) mass is 412 g/mol. The predicted octanol–water partition coefficient (Wildman–Crippen LogP) is 5.88. The Morgan fingerprint density at radius 2 is 1.96 bits per heavy atom. The van der Waals surface area contributed by atoms with Gasteiger partial charge >= 0.3 is 0 Å². The van der Waals surface area contributed by atoms with Crippen molar-refractivity contribution in [2.45, 2.75) is 6.92 Å². The molecule has 6 heteroatoms. The Hall–Kier alpha value is -2.44. The Morgan fingerprint density at radius 3 is 2.76 bits per heavy atom. The summed E-state index contributed by atoms with van der Waals surface area (Å²) in [5.74, 6) is -0.0390. The van der Waals surface area contributed by atoms with Gasteiger partial charge in [0.15, 0.2) is 10.9 Å². The molecule has 0 aliphatic rings. The number of amides is 1. The maximum absolute atomic E-state index is 12.5. The van der Waals surface area contributed by atoms with Crippen molar-refractivity contribution >= 4 is 49.3 Å². The van der Waals surface area contributed by atoms with E-state index in [2.05, 4.69) is 26.2 Å². The van der Waals surface area contributed by atoms with Crippen molar-refractivity contribution in [3.8, 4) is 11.3 Å². The van der Waals surface area contributed by atoms with Gasteiger partial charge in [0.2, 0.25) is 0 Å². The van der Waals surface area contributed by atoms with Crippen LogP contribution in [0.15, 0.2) is 63.5 Å². The van der Waals surface area contributed by atoms with Crippen LogP contribution >= 0.6 is 27.3 Å². The Balaban J connectivity index is 1.60. The number of furan rings is 1. The summed E-state index contributed by atoms with van der Waals surface area (Å²) in [4.78, 5) is 18.1. The van der Waals surface area contributed by atoms with Crippen molar-refractivity contribution < 1.29 is 9.21 Å². The summed E-state index contributed by atoms with van der Waals surface area (Å²) in [6.07, 6.45) is 0. The molecule has 2 aromatic carbocycles. The molecule has 1 amide bonds. The van der Waals surface area contributed by atoms with Crippen molar-refractivity contribution in [3.63, 3.8) is 0 Å². The third-order valence-electron chi connectivity index (χ3n) is 3.77. The van der Waals surface area contributed by atoms with Gasteiger partial charge in [-0.25, -0.2) is 4.98 Å². The highest BCUT2D eigenvalue weighted by molar-refractivity contribution is 9.10. The molecule has 4 rings (SSSR count). The van der Waals surface area contributed by atoms with Crippen molar-refractivity contribution in [1.29, 1.82) is 0 Å². The minimum atomic E-state index is -0.305. The van der Waals surface area contributed by atoms with Gasteiger partial charge in [-0.2, -0.15) is 0 Å². The van der Waals surface area contributed by atoms with Crippen LogP contribution in [0.2, 0.25) is 0 Å². The van der Waals surface area contributed by atoms with Crippen LogP contribution in [0.3, 0.4) is 0 Å². The molecule has 0 radical (unpaired) electrons. The van der Waals surface area contributed by atoms with Crippen LogP contribution in [-0.2, 0) is 0 Å². The third-order valence-corrected chi connectivity index (χ3v) is 5.15. The molecule has 2 heterocycles. The number of nitrogens with one attached hydrogen (secondary N) is 1. The number of rotatable bonds is 3. The van der Waals surface area contributed by atoms with Crippen LogP contribution in [0.25, 0.3) is 22.2 Å². The maximum Gasteiger partial charge on any atom is 0.293 e. The van der Waals surface area contributed by atoms with E-state index in [1.165, 1.54) is 11.3 Å². The van der Waals surface area contributed by atoms with E-state index in [1.54, 1.807) is 6.07 Å². The Morgan fingerprint density at radius 1 is 1.16 bits per heavy atom. The van der Waals surface area contributed by atoms with E-state index in [0.29, 0.717) is 10.7 Å². The van der Waals surface area contributed by atoms with Crippen molar-refractivity contribution in [3.05, 3.63) is 69.7 Å². The molecular weight excluding hydrogens is 400 g/mol. The lowest BCUT2D eigenvalue weighted by atomic mass is 10.1. The summed E-state index contributed by atoms with van der Waals surface area (Å²) in [6, 6.07) is 17.3. The fourth-order valence-electron chi connectivity index (χ4n) is 2.60. The molecule has 2 aromatic heterocycles. The number of aryl methyl sites for hydroxylation is 1. The van der Waals surface area contributed by atoms with E-state index in [9.17, 15) is 4.79 Å². The summed E-state index contributed by atoms with van der Waals surface area (Å²) in [5, 5.41) is 4.26. The van der Waals surface area contributed by atoms with E-state index < -0.39 is 0 Å². The summed E-state index contributed by atoms with van der Waals surface area (Å²) in [7, 11) is 0. The summed E-state index contributed by atoms with van der Waals surface area (Å²) in [5.41, 5.74) is 2.59. The topological polar surface area (TPSA) is 55.1 Å². The van der Waals surface area contributed by atoms with Crippen molar-refractivity contribution in [2.75, 3.05) is 5.32 Å². The Bertz CT molecular complexity index is 1070. The van der Waals surface area contributed by atoms with Crippen LogP contribution in [0.4, 0.5) is 5.13 Å². The van der Waals surface area contributed by atoms with Crippen LogP contribution in [0.1, 0.15) is 15.4 Å². The molecule has 124 valence electrons. The number of nitrogens with zero attached hydrogens (tertiary/aromatic N) is 1. The molecule has 0 atom stereocenters. The maximum atomic E-state index is 12.5. The van der Waals surface area contributed by atoms with Gasteiger partial charge in [0.05, 0.1) is 5.69 Å². The lowest BCUT2D eigenvalue weighted by Gasteiger charge is -1.98. The van der Waals surface area contributed by atoms with Gasteiger partial charge in [0.25, 0.3) is 5.91 Å². The first-order valence-electron chi connectivity index (χ1n) is 7.63. The summed E-state index contributed by atoms with van der Waals surface area (Å²) in [6.45, 7) is 1.99. The van der Waals surface area contributed by atoms with E-state index in [4.69, 9.17) is 4.42 Å². The number of thiazole rings is 1. The van der Waals surface area contributed by atoms with Crippen molar-refractivity contribution in [1.82, 2.24) is 4.98 Å². The molecule has 0 saturated heterocycles. The number of carbonyl (C=O) groups excluding carboxylic acids is 1. The number of anilines is 1. The quantitative estimate of drug-likeness (QED) is 0.456. The molecule has 0 saturated carbocycles. The van der Waals surface area contributed by atoms with Crippen LogP contribution in [-0.4, -0.2) is 10.9 Å². The van der Waals surface area contributed by atoms with Crippen LogP contribution < -0.4 is 5.32 Å². The minimum absolute atomic E-state index is 0.266. The van der Waals surface area contributed by atoms with Gasteiger partial charge in [0.1, 0.15) is 5.58 Å². The minimum Gasteiger partial charge on any atom is -0.451 e. The van der Waals surface area contributed by atoms with Crippen LogP contribution in [0, 0.1) is 6.92 Å². The molecule has 0 aliphatic carbocycles. The second-order valence-corrected chi connectivity index (χ2v) is 7.66. The van der Waals surface area contributed by atoms with E-state index in [1.807, 2.05) is 55.5 Å². The van der Waals surface area contributed by atoms with E-state index in [0.717, 1.165) is 26.0 Å². The van der Waals surface area contributed by atoms with Gasteiger partial charge in [0, 0.05) is 20.3 Å². The van der Waals surface area contributed by atoms with Gasteiger partial charge in [-0.15, -0.1) is 11.3 Å². The molecule has 0 spiro atoms. The number of aromatic nitrogens is 1. The van der Waals surface area contributed by atoms with Gasteiger partial charge in [-0.1, -0.05) is 46.3 Å². The fourth-order valence-corrected chi connectivity index (χ4v) is 3.81. The van der Waals surface area contributed by atoms with Gasteiger partial charge < -0.3 is 4.42 Å². The molecule has 0 bridgehead atoms. The molecule has 0 unspecified atom stereocenters. The second-order valence-electron chi connectivity index (χ2n) is 5.54. The third kappa shape index (κ3) is 3.23. The zero-order valence-electron chi connectivity index (χ0n) is 13.2. The molecular formula is C19H13BrN2O2S. The fraction of sp³-hybridized carbons (Fsp3) is 0.0526. The highest BCUT2D eigenvalue weighted by atomic mass is 79.9. The molecule has 4 aromatic rings. The van der Waals surface area contributed by atoms with Crippen molar-refractivity contribution in [2.24, 2.45) is 0 Å². The first-order valence-corrected chi connectivity index (χ1v) is 9.24. The second kappa shape index (κ2) is 6.46. The van der Waals surface area contributed by atoms with Gasteiger partial charge in [-0.05, 0) is 31.2 Å². The average Bonchev–Trinajstić information content (AvgIpc) is 3.18. The lowest BCUT2D eigenvalue weighted by molar-refractivity contribution is 0.0998. The first-order chi connectivity index (χ1) is 12.1. The number of hydrogen-bond donors (Lipinski definition) is 1. The highest BCUT2D eigenvalue weighted by Gasteiger charge is 2.16. The molecule has 25 heavy (non-hydrogen) atoms. The lowest BCUT2D eigenvalue weighted by Crippen LogP contribution is -2.10. The highest BCUT2D eigenvalue weighted by Crippen LogP contribution is 2.31. The summed E-state index contributed by atoms with van der Waals surface area (Å²) < 4.78 is 6.56. The van der Waals surface area contributed by atoms with E-state index >= 15 is 0 Å². The SMILES string of the molecule is Cc1sc(NC(=O)c2cc3cc(Br)ccc3o2)nc1-c1ccccc1. The van der Waals surface area contributed by atoms with E-state index in [-0.39, 0.29) is 11.7 Å². The standard InChI is InChI=1S/C19H13BrN2O2S/c1-11-17(12-5-3-2-4-6-12)21-19(25-11)22-18(23)16-10-13-9-14(20)7-8-15(13)24-16/h2-10H,1H3,(H,21,22,23). The predicted molar refractivity (Wildman–Crippen MR) is 104 cm³/mol. The average molecular weight is 413 g/mol. The number of hydrogen-bond acceptors (Lipinski definition) is 4. The number of benzene rings is 2. The Labute approximate surface area is 156 Å². The normalized spacial score (nSPS) is 11.0. The number of carbonyl (C=O) groups is 1. The largest absolute Gasteiger partial charge is 0.451 e. The number of fused-ring (bicyclic) bond motifs is 1. The smallest absolute Gasteiger partial charge is 0.293 e. The number of halogens is 1. The Kier molecular flexibility index (Phi) is 4.15. The van der Waals surface area contributed by atoms with Gasteiger partial charge in [-0.3, -0.25) is 10.1 Å². The summed E-state index contributed by atoms with van der Waals surface area (Å²) >= 11 is 4.86. The first kappa shape index (κ1) is 16.1. The molecule has 1 N–H and O–H groups in total.